The molecule has 3 N–H and O–H groups in total. The monoisotopic (exact) mass is 376 g/mol. The van der Waals surface area contributed by atoms with Gasteiger partial charge in [0.25, 0.3) is 5.91 Å². The van der Waals surface area contributed by atoms with Gasteiger partial charge in [-0.1, -0.05) is 42.6 Å². The molecule has 1 rings (SSSR count). The second kappa shape index (κ2) is 7.38. The van der Waals surface area contributed by atoms with Crippen LogP contribution in [0, 0.1) is 12.8 Å². The van der Waals surface area contributed by atoms with Crippen LogP contribution in [-0.4, -0.2) is 20.9 Å². The average Bonchev–Trinajstić information content (AvgIpc) is 2.40. The van der Waals surface area contributed by atoms with E-state index in [0.717, 1.165) is 12.8 Å². The molecule has 0 aliphatic heterocycles. The Labute approximate surface area is 134 Å². The Balaban J connectivity index is 3.08. The van der Waals surface area contributed by atoms with E-state index in [-0.39, 0.29) is 10.8 Å². The maximum absolute atomic E-state index is 12.3. The molecule has 0 radical (unpaired) electrons. The molecule has 21 heavy (non-hydrogen) atoms. The van der Waals surface area contributed by atoms with Gasteiger partial charge >= 0.3 is 0 Å². The third-order valence-corrected chi connectivity index (χ3v) is 5.08. The molecule has 0 atom stereocenters. The summed E-state index contributed by atoms with van der Waals surface area (Å²) in [5, 5.41) is 8.03. The third kappa shape index (κ3) is 4.79. The van der Waals surface area contributed by atoms with Crippen LogP contribution in [0.4, 0.5) is 0 Å². The maximum atomic E-state index is 12.3. The predicted octanol–water partition coefficient (Wildman–Crippen LogP) is 2.57. The van der Waals surface area contributed by atoms with Crippen LogP contribution >= 0.6 is 15.9 Å². The molecular formula is C14H21BrN2O3S. The lowest BCUT2D eigenvalue weighted by Gasteiger charge is -2.15. The van der Waals surface area contributed by atoms with Gasteiger partial charge in [0.15, 0.2) is 0 Å². The van der Waals surface area contributed by atoms with Gasteiger partial charge in [-0.3, -0.25) is 4.79 Å². The fourth-order valence-corrected chi connectivity index (χ4v) is 3.53. The minimum Gasteiger partial charge on any atom is -0.352 e. The fourth-order valence-electron chi connectivity index (χ4n) is 2.10. The van der Waals surface area contributed by atoms with Gasteiger partial charge in [-0.05, 0) is 30.5 Å². The zero-order valence-electron chi connectivity index (χ0n) is 12.4. The highest BCUT2D eigenvalue weighted by atomic mass is 79.9. The van der Waals surface area contributed by atoms with Gasteiger partial charge in [0.05, 0.1) is 4.90 Å². The lowest BCUT2D eigenvalue weighted by atomic mass is 10.0. The van der Waals surface area contributed by atoms with Crippen molar-refractivity contribution in [1.82, 2.24) is 5.32 Å². The number of halogens is 1. The summed E-state index contributed by atoms with van der Waals surface area (Å²) >= 11 is 3.22. The SMILES string of the molecule is CCC(CC)CNC(=O)c1cc(Br)cc(S(N)(=O)=O)c1C. The minimum absolute atomic E-state index is 0.0374. The zero-order chi connectivity index (χ0) is 16.2. The van der Waals surface area contributed by atoms with E-state index in [0.29, 0.717) is 28.1 Å². The molecule has 0 spiro atoms. The van der Waals surface area contributed by atoms with E-state index in [1.165, 1.54) is 6.07 Å². The Hall–Kier alpha value is -0.920. The van der Waals surface area contributed by atoms with Crippen LogP contribution in [0.1, 0.15) is 42.6 Å². The molecule has 0 aromatic heterocycles. The first-order valence-corrected chi connectivity index (χ1v) is 9.15. The predicted molar refractivity (Wildman–Crippen MR) is 86.7 cm³/mol. The molecule has 118 valence electrons. The molecule has 1 amide bonds. The molecule has 0 aliphatic rings. The van der Waals surface area contributed by atoms with Crippen molar-refractivity contribution in [3.63, 3.8) is 0 Å². The number of amides is 1. The van der Waals surface area contributed by atoms with E-state index in [4.69, 9.17) is 5.14 Å². The summed E-state index contributed by atoms with van der Waals surface area (Å²) in [6.45, 7) is 6.30. The van der Waals surface area contributed by atoms with Crippen molar-refractivity contribution in [3.05, 3.63) is 27.7 Å². The van der Waals surface area contributed by atoms with Gasteiger partial charge in [-0.25, -0.2) is 13.6 Å². The molecule has 1 aromatic carbocycles. The summed E-state index contributed by atoms with van der Waals surface area (Å²) in [6.07, 6.45) is 1.97. The Kier molecular flexibility index (Phi) is 6.37. The molecule has 0 unspecified atom stereocenters. The first kappa shape index (κ1) is 18.1. The number of nitrogens with two attached hydrogens (primary N) is 1. The van der Waals surface area contributed by atoms with E-state index in [1.54, 1.807) is 13.0 Å². The zero-order valence-corrected chi connectivity index (χ0v) is 14.8. The Morgan fingerprint density at radius 3 is 2.38 bits per heavy atom. The van der Waals surface area contributed by atoms with Crippen LogP contribution in [0.3, 0.4) is 0 Å². The van der Waals surface area contributed by atoms with Crippen molar-refractivity contribution in [2.24, 2.45) is 11.1 Å². The Morgan fingerprint density at radius 1 is 1.33 bits per heavy atom. The number of carbonyl (C=O) groups is 1. The molecule has 0 aliphatic carbocycles. The fraction of sp³-hybridized carbons (Fsp3) is 0.500. The lowest BCUT2D eigenvalue weighted by molar-refractivity contribution is 0.0945. The minimum atomic E-state index is -3.86. The van der Waals surface area contributed by atoms with Crippen LogP contribution in [0.25, 0.3) is 0 Å². The van der Waals surface area contributed by atoms with E-state index < -0.39 is 10.0 Å². The Bertz CT molecular complexity index is 625. The normalized spacial score (nSPS) is 11.7. The summed E-state index contributed by atoms with van der Waals surface area (Å²) in [6, 6.07) is 3.01. The highest BCUT2D eigenvalue weighted by Crippen LogP contribution is 2.24. The number of nitrogens with one attached hydrogen (secondary N) is 1. The van der Waals surface area contributed by atoms with Crippen LogP contribution in [0.15, 0.2) is 21.5 Å². The summed E-state index contributed by atoms with van der Waals surface area (Å²) in [7, 11) is -3.86. The van der Waals surface area contributed by atoms with Crippen molar-refractivity contribution in [2.45, 2.75) is 38.5 Å². The smallest absolute Gasteiger partial charge is 0.251 e. The van der Waals surface area contributed by atoms with Crippen molar-refractivity contribution in [3.8, 4) is 0 Å². The summed E-state index contributed by atoms with van der Waals surface area (Å²) in [5.74, 6) is 0.129. The molecule has 7 heteroatoms. The van der Waals surface area contributed by atoms with Gasteiger partial charge in [0.2, 0.25) is 10.0 Å². The quantitative estimate of drug-likeness (QED) is 0.799. The number of primary sulfonamides is 1. The van der Waals surface area contributed by atoms with Gasteiger partial charge in [-0.2, -0.15) is 0 Å². The van der Waals surface area contributed by atoms with Gasteiger partial charge in [0.1, 0.15) is 0 Å². The average molecular weight is 377 g/mol. The van der Waals surface area contributed by atoms with E-state index in [9.17, 15) is 13.2 Å². The number of carbonyl (C=O) groups excluding carboxylic acids is 1. The van der Waals surface area contributed by atoms with Crippen molar-refractivity contribution < 1.29 is 13.2 Å². The number of rotatable bonds is 6. The molecule has 0 saturated carbocycles. The third-order valence-electron chi connectivity index (χ3n) is 3.58. The molecule has 0 bridgehead atoms. The molecule has 5 nitrogen and oxygen atoms in total. The van der Waals surface area contributed by atoms with Gasteiger partial charge < -0.3 is 5.32 Å². The number of hydrogen-bond acceptors (Lipinski definition) is 3. The topological polar surface area (TPSA) is 89.3 Å². The van der Waals surface area contributed by atoms with Crippen LogP contribution in [0.2, 0.25) is 0 Å². The van der Waals surface area contributed by atoms with Crippen LogP contribution < -0.4 is 10.5 Å². The molecule has 0 heterocycles. The highest BCUT2D eigenvalue weighted by molar-refractivity contribution is 9.10. The number of benzene rings is 1. The molecular weight excluding hydrogens is 356 g/mol. The number of hydrogen-bond donors (Lipinski definition) is 2. The molecule has 1 aromatic rings. The summed E-state index contributed by atoms with van der Waals surface area (Å²) < 4.78 is 23.6. The second-order valence-electron chi connectivity index (χ2n) is 5.01. The number of sulfonamides is 1. The second-order valence-corrected chi connectivity index (χ2v) is 7.46. The van der Waals surface area contributed by atoms with Gasteiger partial charge in [0, 0.05) is 16.6 Å². The first-order chi connectivity index (χ1) is 9.70. The van der Waals surface area contributed by atoms with E-state index in [2.05, 4.69) is 35.1 Å². The van der Waals surface area contributed by atoms with E-state index in [1.807, 2.05) is 0 Å². The lowest BCUT2D eigenvalue weighted by Crippen LogP contribution is -2.30. The van der Waals surface area contributed by atoms with Crippen LogP contribution in [-0.2, 0) is 10.0 Å². The van der Waals surface area contributed by atoms with Gasteiger partial charge in [-0.15, -0.1) is 0 Å². The molecule has 0 saturated heterocycles. The summed E-state index contributed by atoms with van der Waals surface area (Å²) in [4.78, 5) is 12.2. The molecule has 0 fully saturated rings. The van der Waals surface area contributed by atoms with Crippen LogP contribution in [0.5, 0.6) is 0 Å². The van der Waals surface area contributed by atoms with Crippen molar-refractivity contribution in [2.75, 3.05) is 6.54 Å². The standard InChI is InChI=1S/C14H21BrN2O3S/c1-4-10(5-2)8-17-14(18)12-6-11(15)7-13(9(12)3)21(16,19)20/h6-7,10H,4-5,8H2,1-3H3,(H,17,18)(H2,16,19,20). The van der Waals surface area contributed by atoms with Crippen molar-refractivity contribution >= 4 is 31.9 Å². The van der Waals surface area contributed by atoms with E-state index >= 15 is 0 Å². The maximum Gasteiger partial charge on any atom is 0.251 e. The Morgan fingerprint density at radius 2 is 1.90 bits per heavy atom. The first-order valence-electron chi connectivity index (χ1n) is 6.81. The van der Waals surface area contributed by atoms with Crippen molar-refractivity contribution in [1.29, 1.82) is 0 Å². The highest BCUT2D eigenvalue weighted by Gasteiger charge is 2.19. The summed E-state index contributed by atoms with van der Waals surface area (Å²) in [5.41, 5.74) is 0.683. The largest absolute Gasteiger partial charge is 0.352 e.